The first-order valence-electron chi connectivity index (χ1n) is 6.98. The molecule has 1 aromatic heterocycles. The van der Waals surface area contributed by atoms with E-state index < -0.39 is 10.2 Å². The first-order chi connectivity index (χ1) is 9.53. The minimum Gasteiger partial charge on any atom is -0.468 e. The van der Waals surface area contributed by atoms with Gasteiger partial charge >= 0.3 is 0 Å². The zero-order valence-electron chi connectivity index (χ0n) is 12.0. The molecular formula is C13H23N3O3S. The molecule has 1 aromatic rings. The quantitative estimate of drug-likeness (QED) is 0.825. The molecule has 1 aliphatic rings. The predicted octanol–water partition coefficient (Wildman–Crippen LogP) is 1.11. The van der Waals surface area contributed by atoms with Crippen molar-refractivity contribution in [3.63, 3.8) is 0 Å². The van der Waals surface area contributed by atoms with Crippen molar-refractivity contribution in [2.45, 2.75) is 25.8 Å². The summed E-state index contributed by atoms with van der Waals surface area (Å²) in [5, 5.41) is 3.15. The van der Waals surface area contributed by atoms with Gasteiger partial charge < -0.3 is 9.73 Å². The van der Waals surface area contributed by atoms with Crippen LogP contribution in [-0.2, 0) is 10.2 Å². The highest BCUT2D eigenvalue weighted by molar-refractivity contribution is 7.87. The zero-order chi connectivity index (χ0) is 14.6. The Labute approximate surface area is 120 Å². The summed E-state index contributed by atoms with van der Waals surface area (Å²) >= 11 is 0. The zero-order valence-corrected chi connectivity index (χ0v) is 12.8. The van der Waals surface area contributed by atoms with E-state index >= 15 is 0 Å². The minimum atomic E-state index is -3.44. The third kappa shape index (κ3) is 3.82. The average molecular weight is 301 g/mol. The van der Waals surface area contributed by atoms with Crippen molar-refractivity contribution in [2.24, 2.45) is 5.92 Å². The largest absolute Gasteiger partial charge is 0.468 e. The lowest BCUT2D eigenvalue weighted by Gasteiger charge is -2.31. The van der Waals surface area contributed by atoms with Crippen LogP contribution in [-0.4, -0.2) is 39.4 Å². The Bertz CT molecular complexity index is 493. The number of nitrogens with one attached hydrogen (secondary N) is 2. The molecule has 0 aromatic carbocycles. The second-order valence-electron chi connectivity index (χ2n) is 5.26. The maximum atomic E-state index is 12.3. The average Bonchev–Trinajstić information content (AvgIpc) is 2.93. The fourth-order valence-electron chi connectivity index (χ4n) is 2.54. The third-order valence-corrected chi connectivity index (χ3v) is 5.40. The second kappa shape index (κ2) is 6.71. The monoisotopic (exact) mass is 301 g/mol. The van der Waals surface area contributed by atoms with Crippen molar-refractivity contribution in [3.8, 4) is 0 Å². The van der Waals surface area contributed by atoms with Crippen LogP contribution < -0.4 is 10.0 Å². The van der Waals surface area contributed by atoms with Crippen LogP contribution >= 0.6 is 0 Å². The van der Waals surface area contributed by atoms with Gasteiger partial charge in [0, 0.05) is 13.1 Å². The first-order valence-corrected chi connectivity index (χ1v) is 8.42. The van der Waals surface area contributed by atoms with E-state index in [0.717, 1.165) is 19.4 Å². The van der Waals surface area contributed by atoms with Gasteiger partial charge in [0.1, 0.15) is 5.76 Å². The molecule has 7 heteroatoms. The molecule has 2 rings (SSSR count). The number of hydrogen-bond donors (Lipinski definition) is 2. The Morgan fingerprint density at radius 3 is 2.70 bits per heavy atom. The first kappa shape index (κ1) is 15.5. The number of nitrogens with zero attached hydrogens (tertiary/aromatic N) is 1. The van der Waals surface area contributed by atoms with Crippen molar-refractivity contribution in [3.05, 3.63) is 24.2 Å². The van der Waals surface area contributed by atoms with Crippen LogP contribution in [0.25, 0.3) is 0 Å². The van der Waals surface area contributed by atoms with E-state index in [4.69, 9.17) is 4.42 Å². The van der Waals surface area contributed by atoms with Crippen LogP contribution in [0.3, 0.4) is 0 Å². The van der Waals surface area contributed by atoms with Crippen LogP contribution in [0.4, 0.5) is 0 Å². The summed E-state index contributed by atoms with van der Waals surface area (Å²) in [6.07, 6.45) is 3.34. The van der Waals surface area contributed by atoms with Crippen LogP contribution in [0.5, 0.6) is 0 Å². The SMILES string of the molecule is CNCC1CCN(S(=O)(=O)NC(C)c2ccco2)CC1. The molecule has 0 amide bonds. The van der Waals surface area contributed by atoms with Gasteiger partial charge in [0.15, 0.2) is 0 Å². The van der Waals surface area contributed by atoms with Gasteiger partial charge in [0.2, 0.25) is 0 Å². The molecule has 6 nitrogen and oxygen atoms in total. The molecular weight excluding hydrogens is 278 g/mol. The van der Waals surface area contributed by atoms with Gasteiger partial charge in [-0.25, -0.2) is 0 Å². The molecule has 0 bridgehead atoms. The van der Waals surface area contributed by atoms with E-state index in [2.05, 4.69) is 10.0 Å². The van der Waals surface area contributed by atoms with Crippen LogP contribution in [0.1, 0.15) is 31.6 Å². The van der Waals surface area contributed by atoms with Gasteiger partial charge in [-0.05, 0) is 51.4 Å². The molecule has 0 radical (unpaired) electrons. The van der Waals surface area contributed by atoms with Crippen molar-refractivity contribution in [1.82, 2.24) is 14.3 Å². The minimum absolute atomic E-state index is 0.356. The smallest absolute Gasteiger partial charge is 0.280 e. The molecule has 1 unspecified atom stereocenters. The molecule has 0 spiro atoms. The molecule has 1 aliphatic heterocycles. The number of rotatable bonds is 6. The maximum absolute atomic E-state index is 12.3. The summed E-state index contributed by atoms with van der Waals surface area (Å²) in [7, 11) is -1.52. The van der Waals surface area contributed by atoms with Gasteiger partial charge in [-0.15, -0.1) is 0 Å². The third-order valence-electron chi connectivity index (χ3n) is 3.70. The van der Waals surface area contributed by atoms with E-state index in [9.17, 15) is 8.42 Å². The molecule has 2 N–H and O–H groups in total. The van der Waals surface area contributed by atoms with Gasteiger partial charge in [-0.3, -0.25) is 0 Å². The highest BCUT2D eigenvalue weighted by Gasteiger charge is 2.29. The molecule has 0 saturated carbocycles. The molecule has 1 fully saturated rings. The highest BCUT2D eigenvalue weighted by Crippen LogP contribution is 2.20. The lowest BCUT2D eigenvalue weighted by atomic mass is 9.98. The fraction of sp³-hybridized carbons (Fsp3) is 0.692. The summed E-state index contributed by atoms with van der Waals surface area (Å²) in [6, 6.07) is 3.17. The number of furan rings is 1. The van der Waals surface area contributed by atoms with E-state index in [0.29, 0.717) is 24.8 Å². The van der Waals surface area contributed by atoms with Gasteiger partial charge in [0.05, 0.1) is 12.3 Å². The standard InChI is InChI=1S/C13H23N3O3S/c1-11(13-4-3-9-19-13)15-20(17,18)16-7-5-12(6-8-16)10-14-2/h3-4,9,11-12,14-15H,5-8,10H2,1-2H3. The number of piperidine rings is 1. The Hall–Kier alpha value is -0.890. The highest BCUT2D eigenvalue weighted by atomic mass is 32.2. The lowest BCUT2D eigenvalue weighted by molar-refractivity contribution is 0.266. The molecule has 114 valence electrons. The fourth-order valence-corrected chi connectivity index (χ4v) is 3.94. The summed E-state index contributed by atoms with van der Waals surface area (Å²) < 4.78 is 34.0. The Morgan fingerprint density at radius 2 is 2.15 bits per heavy atom. The normalized spacial score (nSPS) is 20.1. The molecule has 0 aliphatic carbocycles. The molecule has 2 heterocycles. The van der Waals surface area contributed by atoms with E-state index in [1.54, 1.807) is 25.3 Å². The Morgan fingerprint density at radius 1 is 1.45 bits per heavy atom. The van der Waals surface area contributed by atoms with Crippen LogP contribution in [0.15, 0.2) is 22.8 Å². The van der Waals surface area contributed by atoms with Crippen LogP contribution in [0, 0.1) is 5.92 Å². The molecule has 20 heavy (non-hydrogen) atoms. The van der Waals surface area contributed by atoms with Gasteiger partial charge in [-0.2, -0.15) is 17.4 Å². The van der Waals surface area contributed by atoms with E-state index in [1.807, 2.05) is 7.05 Å². The predicted molar refractivity (Wildman–Crippen MR) is 77.4 cm³/mol. The van der Waals surface area contributed by atoms with Crippen molar-refractivity contribution < 1.29 is 12.8 Å². The topological polar surface area (TPSA) is 74.6 Å². The Balaban J connectivity index is 1.91. The van der Waals surface area contributed by atoms with E-state index in [-0.39, 0.29) is 6.04 Å². The summed E-state index contributed by atoms with van der Waals surface area (Å²) in [6.45, 7) is 3.88. The summed E-state index contributed by atoms with van der Waals surface area (Å²) in [5.41, 5.74) is 0. The van der Waals surface area contributed by atoms with Gasteiger partial charge in [-0.1, -0.05) is 0 Å². The van der Waals surface area contributed by atoms with Gasteiger partial charge in [0.25, 0.3) is 10.2 Å². The van der Waals surface area contributed by atoms with Crippen LogP contribution in [0.2, 0.25) is 0 Å². The maximum Gasteiger partial charge on any atom is 0.280 e. The summed E-state index contributed by atoms with van der Waals surface area (Å²) in [5.74, 6) is 1.19. The van der Waals surface area contributed by atoms with Crippen molar-refractivity contribution in [1.29, 1.82) is 0 Å². The van der Waals surface area contributed by atoms with E-state index in [1.165, 1.54) is 4.31 Å². The number of hydrogen-bond acceptors (Lipinski definition) is 4. The second-order valence-corrected chi connectivity index (χ2v) is 6.96. The van der Waals surface area contributed by atoms with Crippen molar-refractivity contribution in [2.75, 3.05) is 26.7 Å². The lowest BCUT2D eigenvalue weighted by Crippen LogP contribution is -2.46. The summed E-state index contributed by atoms with van der Waals surface area (Å²) in [4.78, 5) is 0. The van der Waals surface area contributed by atoms with Crippen molar-refractivity contribution >= 4 is 10.2 Å². The molecule has 1 saturated heterocycles. The molecule has 1 atom stereocenters. The Kier molecular flexibility index (Phi) is 5.20.